The van der Waals surface area contributed by atoms with Crippen molar-refractivity contribution in [3.63, 3.8) is 0 Å². The highest BCUT2D eigenvalue weighted by molar-refractivity contribution is 6.38. The van der Waals surface area contributed by atoms with Crippen LogP contribution in [-0.2, 0) is 11.3 Å². The molecule has 2 aromatic carbocycles. The zero-order chi connectivity index (χ0) is 18.5. The third-order valence-electron chi connectivity index (χ3n) is 3.90. The lowest BCUT2D eigenvalue weighted by Crippen LogP contribution is -2.34. The molecule has 26 heavy (non-hydrogen) atoms. The van der Waals surface area contributed by atoms with Gasteiger partial charge < -0.3 is 9.64 Å². The zero-order valence-electron chi connectivity index (χ0n) is 14.2. The van der Waals surface area contributed by atoms with E-state index in [9.17, 15) is 4.79 Å². The Kier molecular flexibility index (Phi) is 5.91. The van der Waals surface area contributed by atoms with E-state index in [-0.39, 0.29) is 18.4 Å². The maximum atomic E-state index is 12.5. The van der Waals surface area contributed by atoms with Crippen LogP contribution in [0, 0.1) is 0 Å². The number of ether oxygens (including phenoxy) is 1. The molecular weight excluding hydrogens is 373 g/mol. The Labute approximate surface area is 161 Å². The van der Waals surface area contributed by atoms with Crippen LogP contribution in [0.4, 0.5) is 0 Å². The molecule has 0 spiro atoms. The van der Waals surface area contributed by atoms with Crippen LogP contribution in [0.1, 0.15) is 12.5 Å². The summed E-state index contributed by atoms with van der Waals surface area (Å²) in [5, 5.41) is 1.43. The number of amides is 1. The molecule has 0 saturated carbocycles. The molecular formula is C19H17Cl2N3O2. The second-order valence-corrected chi connectivity index (χ2v) is 6.49. The first-order chi connectivity index (χ1) is 12.6. The molecule has 0 fully saturated rings. The fourth-order valence-electron chi connectivity index (χ4n) is 2.59. The number of carbonyl (C=O) groups excluding carboxylic acids is 1. The predicted octanol–water partition coefficient (Wildman–Crippen LogP) is 4.36. The average Bonchev–Trinajstić information content (AvgIpc) is 2.65. The van der Waals surface area contributed by atoms with Crippen molar-refractivity contribution >= 4 is 40.0 Å². The summed E-state index contributed by atoms with van der Waals surface area (Å²) in [5.41, 5.74) is 1.60. The van der Waals surface area contributed by atoms with Crippen molar-refractivity contribution < 1.29 is 9.53 Å². The van der Waals surface area contributed by atoms with E-state index in [1.54, 1.807) is 17.0 Å². The third-order valence-corrected chi connectivity index (χ3v) is 4.41. The van der Waals surface area contributed by atoms with Crippen molar-refractivity contribution in [2.75, 3.05) is 13.2 Å². The van der Waals surface area contributed by atoms with Crippen LogP contribution < -0.4 is 4.74 Å². The van der Waals surface area contributed by atoms with Gasteiger partial charge in [-0.05, 0) is 24.6 Å². The summed E-state index contributed by atoms with van der Waals surface area (Å²) in [5.74, 6) is 0.153. The van der Waals surface area contributed by atoms with Crippen LogP contribution in [-0.4, -0.2) is 33.9 Å². The number of carbonyl (C=O) groups is 1. The van der Waals surface area contributed by atoms with E-state index < -0.39 is 0 Å². The Morgan fingerprint density at radius 3 is 2.65 bits per heavy atom. The fourth-order valence-corrected chi connectivity index (χ4v) is 3.13. The molecule has 0 unspecified atom stereocenters. The lowest BCUT2D eigenvalue weighted by molar-refractivity contribution is -0.133. The fraction of sp³-hybridized carbons (Fsp3) is 0.211. The molecule has 1 aromatic heterocycles. The molecule has 0 N–H and O–H groups in total. The normalized spacial score (nSPS) is 10.7. The molecule has 7 heteroatoms. The van der Waals surface area contributed by atoms with E-state index in [2.05, 4.69) is 9.97 Å². The molecule has 3 aromatic rings. The number of hydrogen-bond acceptors (Lipinski definition) is 4. The number of likely N-dealkylation sites (N-methyl/N-ethyl adjacent to an activating group) is 1. The lowest BCUT2D eigenvalue weighted by Gasteiger charge is -2.21. The van der Waals surface area contributed by atoms with Crippen molar-refractivity contribution in [3.05, 3.63) is 64.4 Å². The highest BCUT2D eigenvalue weighted by atomic mass is 35.5. The van der Waals surface area contributed by atoms with E-state index >= 15 is 0 Å². The minimum atomic E-state index is -0.128. The van der Waals surface area contributed by atoms with E-state index in [1.165, 1.54) is 6.33 Å². The maximum absolute atomic E-state index is 12.5. The number of rotatable bonds is 6. The molecule has 0 radical (unpaired) electrons. The topological polar surface area (TPSA) is 55.3 Å². The van der Waals surface area contributed by atoms with Gasteiger partial charge in [-0.3, -0.25) is 4.79 Å². The molecule has 0 atom stereocenters. The highest BCUT2D eigenvalue weighted by Gasteiger charge is 2.15. The molecule has 3 rings (SSSR count). The minimum absolute atomic E-state index is 0.128. The SMILES string of the molecule is CCN(Cc1ccccc1)C(=O)COc1ncnc2c(Cl)cc(Cl)cc12. The van der Waals surface area contributed by atoms with Crippen molar-refractivity contribution in [2.45, 2.75) is 13.5 Å². The Balaban J connectivity index is 1.73. The summed E-state index contributed by atoms with van der Waals surface area (Å²) < 4.78 is 5.65. The molecule has 0 aliphatic rings. The monoisotopic (exact) mass is 389 g/mol. The predicted molar refractivity (Wildman–Crippen MR) is 103 cm³/mol. The number of nitrogens with zero attached hydrogens (tertiary/aromatic N) is 3. The first-order valence-electron chi connectivity index (χ1n) is 8.12. The van der Waals surface area contributed by atoms with Gasteiger partial charge in [0.1, 0.15) is 6.33 Å². The molecule has 0 aliphatic carbocycles. The quantitative estimate of drug-likeness (QED) is 0.628. The maximum Gasteiger partial charge on any atom is 0.260 e. The van der Waals surface area contributed by atoms with Crippen LogP contribution in [0.5, 0.6) is 5.88 Å². The van der Waals surface area contributed by atoms with Gasteiger partial charge in [0, 0.05) is 18.1 Å². The van der Waals surface area contributed by atoms with E-state index in [0.717, 1.165) is 5.56 Å². The van der Waals surface area contributed by atoms with Crippen LogP contribution in [0.3, 0.4) is 0 Å². The summed E-state index contributed by atoms with van der Waals surface area (Å²) in [6, 6.07) is 13.1. The standard InChI is InChI=1S/C19H17Cl2N3O2/c1-2-24(10-13-6-4-3-5-7-13)17(25)11-26-19-15-8-14(20)9-16(21)18(15)22-12-23-19/h3-9,12H,2,10-11H2,1H3. The van der Waals surface area contributed by atoms with Crippen molar-refractivity contribution in [1.29, 1.82) is 0 Å². The van der Waals surface area contributed by atoms with Crippen LogP contribution >= 0.6 is 23.2 Å². The van der Waals surface area contributed by atoms with Gasteiger partial charge in [-0.1, -0.05) is 53.5 Å². The molecule has 0 saturated heterocycles. The lowest BCUT2D eigenvalue weighted by atomic mass is 10.2. The zero-order valence-corrected chi connectivity index (χ0v) is 15.7. The Morgan fingerprint density at radius 2 is 1.92 bits per heavy atom. The number of benzene rings is 2. The molecule has 5 nitrogen and oxygen atoms in total. The number of fused-ring (bicyclic) bond motifs is 1. The molecule has 1 amide bonds. The number of hydrogen-bond donors (Lipinski definition) is 0. The first-order valence-corrected chi connectivity index (χ1v) is 8.88. The van der Waals surface area contributed by atoms with Gasteiger partial charge in [0.25, 0.3) is 5.91 Å². The van der Waals surface area contributed by atoms with Gasteiger partial charge in [0.05, 0.1) is 15.9 Å². The van der Waals surface area contributed by atoms with Gasteiger partial charge >= 0.3 is 0 Å². The summed E-state index contributed by atoms with van der Waals surface area (Å²) in [7, 11) is 0. The van der Waals surface area contributed by atoms with Crippen LogP contribution in [0.25, 0.3) is 10.9 Å². The average molecular weight is 390 g/mol. The second kappa shape index (κ2) is 8.34. The van der Waals surface area contributed by atoms with Gasteiger partial charge in [0.2, 0.25) is 5.88 Å². The molecule has 0 aliphatic heterocycles. The van der Waals surface area contributed by atoms with Gasteiger partial charge in [0.15, 0.2) is 6.61 Å². The Hall–Kier alpha value is -2.37. The van der Waals surface area contributed by atoms with E-state index in [1.807, 2.05) is 37.3 Å². The summed E-state index contributed by atoms with van der Waals surface area (Å²) >= 11 is 12.2. The van der Waals surface area contributed by atoms with Crippen LogP contribution in [0.2, 0.25) is 10.0 Å². The molecule has 1 heterocycles. The Morgan fingerprint density at radius 1 is 1.15 bits per heavy atom. The highest BCUT2D eigenvalue weighted by Crippen LogP contribution is 2.30. The summed E-state index contributed by atoms with van der Waals surface area (Å²) in [6.07, 6.45) is 1.35. The summed E-state index contributed by atoms with van der Waals surface area (Å²) in [4.78, 5) is 22.5. The van der Waals surface area contributed by atoms with Gasteiger partial charge in [-0.15, -0.1) is 0 Å². The van der Waals surface area contributed by atoms with Crippen LogP contribution in [0.15, 0.2) is 48.8 Å². The van der Waals surface area contributed by atoms with E-state index in [4.69, 9.17) is 27.9 Å². The van der Waals surface area contributed by atoms with Gasteiger partial charge in [-0.25, -0.2) is 9.97 Å². The minimum Gasteiger partial charge on any atom is -0.467 e. The third kappa shape index (κ3) is 4.23. The smallest absolute Gasteiger partial charge is 0.260 e. The second-order valence-electron chi connectivity index (χ2n) is 5.64. The molecule has 134 valence electrons. The van der Waals surface area contributed by atoms with Gasteiger partial charge in [-0.2, -0.15) is 0 Å². The van der Waals surface area contributed by atoms with Crippen molar-refractivity contribution in [1.82, 2.24) is 14.9 Å². The summed E-state index contributed by atoms with van der Waals surface area (Å²) in [6.45, 7) is 2.92. The molecule has 0 bridgehead atoms. The first kappa shape index (κ1) is 18.4. The Bertz CT molecular complexity index is 919. The van der Waals surface area contributed by atoms with Crippen molar-refractivity contribution in [2.24, 2.45) is 0 Å². The largest absolute Gasteiger partial charge is 0.467 e. The number of halogens is 2. The van der Waals surface area contributed by atoms with Crippen molar-refractivity contribution in [3.8, 4) is 5.88 Å². The number of aromatic nitrogens is 2. The van der Waals surface area contributed by atoms with E-state index in [0.29, 0.717) is 34.0 Å².